The number of H-pyrrole nitrogens is 1. The van der Waals surface area contributed by atoms with Crippen molar-refractivity contribution in [3.8, 4) is 11.3 Å². The average Bonchev–Trinajstić information content (AvgIpc) is 3.00. The molecule has 4 saturated carbocycles. The number of hydrogen-bond acceptors (Lipinski definition) is 3. The molecule has 1 amide bonds. The van der Waals surface area contributed by atoms with Gasteiger partial charge in [0.05, 0.1) is 17.3 Å². The number of nitrogens with two attached hydrogens (primary N) is 1. The number of benzene rings is 1. The average molecular weight is 336 g/mol. The van der Waals surface area contributed by atoms with Crippen molar-refractivity contribution in [2.24, 2.45) is 23.2 Å². The fourth-order valence-electron chi connectivity index (χ4n) is 5.90. The zero-order chi connectivity index (χ0) is 17.0. The van der Waals surface area contributed by atoms with Gasteiger partial charge in [-0.25, -0.2) is 4.98 Å². The number of rotatable bonds is 3. The number of nitrogens with one attached hydrogen (secondary N) is 2. The largest absolute Gasteiger partial charge is 0.369 e. The molecule has 0 atom stereocenters. The van der Waals surface area contributed by atoms with Crippen molar-refractivity contribution >= 4 is 17.5 Å². The molecule has 4 fully saturated rings. The number of carbonyl (C=O) groups is 1. The van der Waals surface area contributed by atoms with Gasteiger partial charge in [0.25, 0.3) is 0 Å². The monoisotopic (exact) mass is 336 g/mol. The zero-order valence-corrected chi connectivity index (χ0v) is 14.3. The topological polar surface area (TPSA) is 83.8 Å². The SMILES string of the molecule is Nc1ncc(-c2cccc(NC(=O)C34CC5CC(CC(C5)C3)C4)c2)[nH]1. The van der Waals surface area contributed by atoms with Gasteiger partial charge in [-0.2, -0.15) is 0 Å². The summed E-state index contributed by atoms with van der Waals surface area (Å²) in [5.41, 5.74) is 8.24. The van der Waals surface area contributed by atoms with Gasteiger partial charge < -0.3 is 16.0 Å². The number of aromatic amines is 1. The minimum absolute atomic E-state index is 0.122. The van der Waals surface area contributed by atoms with Crippen molar-refractivity contribution in [2.45, 2.75) is 38.5 Å². The van der Waals surface area contributed by atoms with Crippen LogP contribution >= 0.6 is 0 Å². The molecule has 25 heavy (non-hydrogen) atoms. The summed E-state index contributed by atoms with van der Waals surface area (Å²) in [7, 11) is 0. The van der Waals surface area contributed by atoms with Crippen molar-refractivity contribution in [2.75, 3.05) is 11.1 Å². The molecule has 1 aromatic carbocycles. The minimum Gasteiger partial charge on any atom is -0.369 e. The molecule has 2 aromatic rings. The van der Waals surface area contributed by atoms with E-state index in [4.69, 9.17) is 5.73 Å². The Balaban J connectivity index is 1.38. The first-order valence-corrected chi connectivity index (χ1v) is 9.32. The Bertz CT molecular complexity index is 789. The third kappa shape index (κ3) is 2.53. The molecule has 0 spiro atoms. The Kier molecular flexibility index (Phi) is 3.21. The van der Waals surface area contributed by atoms with Crippen molar-refractivity contribution in [1.82, 2.24) is 9.97 Å². The molecule has 0 saturated heterocycles. The normalized spacial score (nSPS) is 32.7. The molecule has 5 heteroatoms. The van der Waals surface area contributed by atoms with Gasteiger partial charge >= 0.3 is 0 Å². The highest BCUT2D eigenvalue weighted by atomic mass is 16.2. The first kappa shape index (κ1) is 15.0. The van der Waals surface area contributed by atoms with Gasteiger partial charge in [-0.3, -0.25) is 4.79 Å². The van der Waals surface area contributed by atoms with Gasteiger partial charge in [0.2, 0.25) is 5.91 Å². The second-order valence-electron chi connectivity index (χ2n) is 8.41. The lowest BCUT2D eigenvalue weighted by molar-refractivity contribution is -0.140. The molecule has 5 nitrogen and oxygen atoms in total. The third-order valence-electron chi connectivity index (χ3n) is 6.55. The standard InChI is InChI=1S/C20H24N4O/c21-19-22-11-17(24-19)15-2-1-3-16(7-15)23-18(25)20-8-12-4-13(9-20)6-14(5-12)10-20/h1-3,7,11-14H,4-6,8-10H2,(H,23,25)(H3,21,22,24). The predicted molar refractivity (Wildman–Crippen MR) is 97.7 cm³/mol. The van der Waals surface area contributed by atoms with Crippen molar-refractivity contribution in [1.29, 1.82) is 0 Å². The molecule has 4 aliphatic carbocycles. The van der Waals surface area contributed by atoms with Crippen LogP contribution in [0.3, 0.4) is 0 Å². The smallest absolute Gasteiger partial charge is 0.230 e. The lowest BCUT2D eigenvalue weighted by Gasteiger charge is -2.55. The summed E-state index contributed by atoms with van der Waals surface area (Å²) in [6, 6.07) is 7.90. The fraction of sp³-hybridized carbons (Fsp3) is 0.500. The molecule has 4 bridgehead atoms. The van der Waals surface area contributed by atoms with Crippen LogP contribution in [0.2, 0.25) is 0 Å². The zero-order valence-electron chi connectivity index (χ0n) is 14.3. The highest BCUT2D eigenvalue weighted by molar-refractivity contribution is 5.96. The van der Waals surface area contributed by atoms with Crippen LogP contribution in [0.25, 0.3) is 11.3 Å². The Labute approximate surface area is 147 Å². The van der Waals surface area contributed by atoms with E-state index in [9.17, 15) is 4.79 Å². The van der Waals surface area contributed by atoms with E-state index in [0.717, 1.165) is 54.0 Å². The van der Waals surface area contributed by atoms with Crippen molar-refractivity contribution < 1.29 is 4.79 Å². The summed E-state index contributed by atoms with van der Waals surface area (Å²) >= 11 is 0. The van der Waals surface area contributed by atoms with Crippen LogP contribution in [0.5, 0.6) is 0 Å². The van der Waals surface area contributed by atoms with E-state index < -0.39 is 0 Å². The molecular weight excluding hydrogens is 312 g/mol. The van der Waals surface area contributed by atoms with Crippen LogP contribution in [0.4, 0.5) is 11.6 Å². The lowest BCUT2D eigenvalue weighted by atomic mass is 9.49. The van der Waals surface area contributed by atoms with E-state index in [1.165, 1.54) is 19.3 Å². The molecule has 4 N–H and O–H groups in total. The number of carbonyl (C=O) groups excluding carboxylic acids is 1. The van der Waals surface area contributed by atoms with Crippen LogP contribution in [-0.2, 0) is 4.79 Å². The van der Waals surface area contributed by atoms with Crippen molar-refractivity contribution in [3.63, 3.8) is 0 Å². The number of aromatic nitrogens is 2. The van der Waals surface area contributed by atoms with Gasteiger partial charge in [0, 0.05) is 11.3 Å². The molecule has 1 aromatic heterocycles. The molecule has 0 unspecified atom stereocenters. The summed E-state index contributed by atoms with van der Waals surface area (Å²) in [5, 5.41) is 3.21. The molecule has 0 aliphatic heterocycles. The second-order valence-corrected chi connectivity index (χ2v) is 8.41. The quantitative estimate of drug-likeness (QED) is 0.797. The van der Waals surface area contributed by atoms with Crippen LogP contribution < -0.4 is 11.1 Å². The second kappa shape index (κ2) is 5.35. The Morgan fingerprint density at radius 3 is 2.44 bits per heavy atom. The maximum absolute atomic E-state index is 13.2. The van der Waals surface area contributed by atoms with Gasteiger partial charge in [0.1, 0.15) is 0 Å². The summed E-state index contributed by atoms with van der Waals surface area (Å²) in [4.78, 5) is 20.2. The van der Waals surface area contributed by atoms with E-state index in [1.807, 2.05) is 24.3 Å². The van der Waals surface area contributed by atoms with E-state index >= 15 is 0 Å². The number of imidazole rings is 1. The highest BCUT2D eigenvalue weighted by Gasteiger charge is 2.54. The van der Waals surface area contributed by atoms with Crippen LogP contribution in [0.15, 0.2) is 30.5 Å². The Hall–Kier alpha value is -2.30. The molecule has 130 valence electrons. The van der Waals surface area contributed by atoms with Crippen molar-refractivity contribution in [3.05, 3.63) is 30.5 Å². The van der Waals surface area contributed by atoms with E-state index in [-0.39, 0.29) is 11.3 Å². The van der Waals surface area contributed by atoms with Crippen LogP contribution in [0.1, 0.15) is 38.5 Å². The van der Waals surface area contributed by atoms with Gasteiger partial charge in [0.15, 0.2) is 5.95 Å². The van der Waals surface area contributed by atoms with Gasteiger partial charge in [-0.1, -0.05) is 12.1 Å². The first-order valence-electron chi connectivity index (χ1n) is 9.32. The van der Waals surface area contributed by atoms with Gasteiger partial charge in [-0.15, -0.1) is 0 Å². The van der Waals surface area contributed by atoms with E-state index in [0.29, 0.717) is 5.95 Å². The predicted octanol–water partition coefficient (Wildman–Crippen LogP) is 3.81. The van der Waals surface area contributed by atoms with E-state index in [2.05, 4.69) is 15.3 Å². The summed E-state index contributed by atoms with van der Waals surface area (Å²) in [6.07, 6.45) is 9.02. The number of anilines is 2. The number of nitrogen functional groups attached to an aromatic ring is 1. The molecule has 4 aliphatic rings. The Morgan fingerprint density at radius 2 is 1.84 bits per heavy atom. The van der Waals surface area contributed by atoms with Gasteiger partial charge in [-0.05, 0) is 68.4 Å². The lowest BCUT2D eigenvalue weighted by Crippen LogP contribution is -2.51. The number of hydrogen-bond donors (Lipinski definition) is 3. The molecular formula is C20H24N4O. The fourth-order valence-corrected chi connectivity index (χ4v) is 5.90. The van der Waals surface area contributed by atoms with Crippen LogP contribution in [0, 0.1) is 23.2 Å². The molecule has 6 rings (SSSR count). The highest BCUT2D eigenvalue weighted by Crippen LogP contribution is 2.60. The first-order chi connectivity index (χ1) is 12.1. The maximum atomic E-state index is 13.2. The van der Waals surface area contributed by atoms with E-state index in [1.54, 1.807) is 6.20 Å². The third-order valence-corrected chi connectivity index (χ3v) is 6.55. The number of amides is 1. The Morgan fingerprint density at radius 1 is 1.16 bits per heavy atom. The number of nitrogens with zero attached hydrogens (tertiary/aromatic N) is 1. The van der Waals surface area contributed by atoms with Crippen LogP contribution in [-0.4, -0.2) is 15.9 Å². The summed E-state index contributed by atoms with van der Waals surface area (Å²) < 4.78 is 0. The summed E-state index contributed by atoms with van der Waals surface area (Å²) in [6.45, 7) is 0. The summed E-state index contributed by atoms with van der Waals surface area (Å²) in [5.74, 6) is 2.95. The molecule has 1 heterocycles. The minimum atomic E-state index is -0.122. The molecule has 0 radical (unpaired) electrons. The maximum Gasteiger partial charge on any atom is 0.230 e.